The number of nitrogens with one attached hydrogen (secondary N) is 1. The fourth-order valence-corrected chi connectivity index (χ4v) is 12.0. The number of hydrogen-bond donors (Lipinski definition) is 1. The van der Waals surface area contributed by atoms with Gasteiger partial charge in [0.25, 0.3) is 19.8 Å². The Morgan fingerprint density at radius 2 is 1.61 bits per heavy atom. The second kappa shape index (κ2) is 14.3. The number of hydrogen-bond acceptors (Lipinski definition) is 6. The van der Waals surface area contributed by atoms with Gasteiger partial charge in [0, 0.05) is 17.4 Å². The maximum absolute atomic E-state index is 13.9. The summed E-state index contributed by atoms with van der Waals surface area (Å²) in [7, 11) is -2.88. The van der Waals surface area contributed by atoms with Crippen LogP contribution in [-0.4, -0.2) is 44.1 Å². The highest BCUT2D eigenvalue weighted by molar-refractivity contribution is 7.18. The van der Waals surface area contributed by atoms with E-state index in [-0.39, 0.29) is 41.2 Å². The zero-order chi connectivity index (χ0) is 34.8. The number of carbonyl (C=O) groups is 2. The van der Waals surface area contributed by atoms with Crippen molar-refractivity contribution in [3.05, 3.63) is 139 Å². The zero-order valence-electron chi connectivity index (χ0n) is 27.2. The van der Waals surface area contributed by atoms with E-state index in [4.69, 9.17) is 32.4 Å². The molecule has 0 aliphatic carbocycles. The molecule has 252 valence electrons. The first-order chi connectivity index (χ1) is 23.5. The van der Waals surface area contributed by atoms with Crippen molar-refractivity contribution < 1.29 is 18.8 Å². The van der Waals surface area contributed by atoms with E-state index in [9.17, 15) is 14.4 Å². The number of aromatic nitrogens is 1. The number of rotatable bonds is 10. The van der Waals surface area contributed by atoms with Crippen molar-refractivity contribution in [3.8, 4) is 5.69 Å². The largest absolute Gasteiger partial charge is 0.442 e. The summed E-state index contributed by atoms with van der Waals surface area (Å²) in [5.74, 6) is -0.288. The molecule has 1 N–H and O–H groups in total. The van der Waals surface area contributed by atoms with E-state index in [1.807, 2.05) is 36.4 Å². The number of amides is 2. The molecule has 12 heteroatoms. The predicted octanol–water partition coefficient (Wildman–Crippen LogP) is 7.04. The summed E-state index contributed by atoms with van der Waals surface area (Å²) in [6.45, 7) is 7.05. The third-order valence-electron chi connectivity index (χ3n) is 8.55. The number of thiophene rings is 1. The van der Waals surface area contributed by atoms with E-state index in [0.29, 0.717) is 26.2 Å². The van der Waals surface area contributed by atoms with Crippen molar-refractivity contribution in [2.75, 3.05) is 18.0 Å². The Labute approximate surface area is 300 Å². The third-order valence-corrected chi connectivity index (χ3v) is 15.1. The lowest BCUT2D eigenvalue weighted by Gasteiger charge is -2.43. The van der Waals surface area contributed by atoms with Crippen LogP contribution in [0.25, 0.3) is 5.69 Å². The molecule has 8 nitrogen and oxygen atoms in total. The number of halogens is 2. The second-order valence-electron chi connectivity index (χ2n) is 12.7. The molecular weight excluding hydrogens is 697 g/mol. The quantitative estimate of drug-likeness (QED) is 0.156. The number of carbonyl (C=O) groups excluding carboxylic acids is 2. The van der Waals surface area contributed by atoms with E-state index >= 15 is 0 Å². The van der Waals surface area contributed by atoms with Crippen molar-refractivity contribution in [3.63, 3.8) is 0 Å². The first kappa shape index (κ1) is 34.7. The van der Waals surface area contributed by atoms with Crippen molar-refractivity contribution in [2.24, 2.45) is 0 Å². The molecule has 2 aromatic heterocycles. The molecule has 6 rings (SSSR count). The molecule has 0 saturated carbocycles. The van der Waals surface area contributed by atoms with E-state index in [1.54, 1.807) is 48.7 Å². The van der Waals surface area contributed by atoms with Crippen molar-refractivity contribution in [2.45, 2.75) is 38.5 Å². The summed E-state index contributed by atoms with van der Waals surface area (Å²) < 4.78 is 14.5. The third kappa shape index (κ3) is 7.11. The Morgan fingerprint density at radius 3 is 2.20 bits per heavy atom. The minimum absolute atomic E-state index is 0.111. The summed E-state index contributed by atoms with van der Waals surface area (Å²) in [5.41, 5.74) is 1.22. The molecule has 5 aromatic rings. The van der Waals surface area contributed by atoms with E-state index < -0.39 is 20.5 Å². The van der Waals surface area contributed by atoms with Crippen LogP contribution in [0.15, 0.2) is 114 Å². The van der Waals surface area contributed by atoms with Crippen molar-refractivity contribution in [1.29, 1.82) is 0 Å². The van der Waals surface area contributed by atoms with Crippen LogP contribution in [0.5, 0.6) is 0 Å². The molecule has 3 aromatic carbocycles. The molecule has 0 spiro atoms. The standard InChI is InChI=1S/C37H35Cl2N3O5SSi/c1-37(2,3)49(28-12-6-4-7-13-28,29-14-8-5-9-15-29)46-24-25-11-10-20-41(35(25)44)31-17-16-26(21-30(31)38)42-23-27(47-36(42)45)22-40-34(43)32-18-19-33(39)48-32/h4-21,27H,22-24H2,1-3H3,(H,40,43)/t27-/m0/s1. The normalized spacial score (nSPS) is 14.9. The summed E-state index contributed by atoms with van der Waals surface area (Å²) >= 11 is 13.9. The molecule has 1 saturated heterocycles. The summed E-state index contributed by atoms with van der Waals surface area (Å²) in [6, 6.07) is 32.5. The van der Waals surface area contributed by atoms with Gasteiger partial charge in [-0.25, -0.2) is 4.79 Å². The van der Waals surface area contributed by atoms with Crippen LogP contribution < -0.4 is 26.1 Å². The SMILES string of the molecule is CC(C)(C)[Si](OCc1cccn(-c2ccc(N3C[C@H](CNC(=O)c4ccc(Cl)s4)OC3=O)cc2Cl)c1=O)(c1ccccc1)c1ccccc1. The average molecular weight is 733 g/mol. The molecule has 1 aliphatic heterocycles. The highest BCUT2D eigenvalue weighted by atomic mass is 35.5. The molecule has 0 radical (unpaired) electrons. The molecule has 1 atom stereocenters. The van der Waals surface area contributed by atoms with Crippen LogP contribution in [0.3, 0.4) is 0 Å². The van der Waals surface area contributed by atoms with Crippen LogP contribution in [-0.2, 0) is 15.8 Å². The van der Waals surface area contributed by atoms with Gasteiger partial charge in [-0.1, -0.05) is 105 Å². The molecule has 49 heavy (non-hydrogen) atoms. The first-order valence-corrected chi connectivity index (χ1v) is 19.2. The van der Waals surface area contributed by atoms with Gasteiger partial charge < -0.3 is 14.5 Å². The average Bonchev–Trinajstić information content (AvgIpc) is 3.70. The molecule has 1 fully saturated rings. The fraction of sp³-hybridized carbons (Fsp3) is 0.216. The second-order valence-corrected chi connectivity index (χ2v) is 19.2. The van der Waals surface area contributed by atoms with Gasteiger partial charge in [-0.15, -0.1) is 11.3 Å². The molecule has 2 amide bonds. The molecule has 3 heterocycles. The Morgan fingerprint density at radius 1 is 0.939 bits per heavy atom. The van der Waals surface area contributed by atoms with Gasteiger partial charge in [0.05, 0.1) is 39.6 Å². The van der Waals surface area contributed by atoms with Crippen LogP contribution in [0, 0.1) is 0 Å². The van der Waals surface area contributed by atoms with Crippen molar-refractivity contribution in [1.82, 2.24) is 9.88 Å². The number of pyridine rings is 1. The fourth-order valence-electron chi connectivity index (χ4n) is 6.21. The zero-order valence-corrected chi connectivity index (χ0v) is 30.5. The van der Waals surface area contributed by atoms with E-state index in [0.717, 1.165) is 10.4 Å². The Bertz CT molecular complexity index is 1990. The summed E-state index contributed by atoms with van der Waals surface area (Å²) in [5, 5.41) is 5.07. The van der Waals surface area contributed by atoms with E-state index in [1.165, 1.54) is 20.8 Å². The van der Waals surface area contributed by atoms with Gasteiger partial charge in [0.15, 0.2) is 0 Å². The van der Waals surface area contributed by atoms with Gasteiger partial charge in [-0.05, 0) is 57.9 Å². The van der Waals surface area contributed by atoms with Gasteiger partial charge in [0.2, 0.25) is 0 Å². The Balaban J connectivity index is 1.21. The van der Waals surface area contributed by atoms with Crippen LogP contribution in [0.1, 0.15) is 36.0 Å². The summed E-state index contributed by atoms with van der Waals surface area (Å²) in [4.78, 5) is 41.0. The lowest BCUT2D eigenvalue weighted by Crippen LogP contribution is -2.66. The topological polar surface area (TPSA) is 89.9 Å². The maximum atomic E-state index is 13.9. The molecule has 1 aliphatic rings. The molecule has 0 unspecified atom stereocenters. The monoisotopic (exact) mass is 731 g/mol. The first-order valence-electron chi connectivity index (χ1n) is 15.7. The summed E-state index contributed by atoms with van der Waals surface area (Å²) in [6.07, 6.45) is 0.557. The van der Waals surface area contributed by atoms with Gasteiger partial charge >= 0.3 is 6.09 Å². The predicted molar refractivity (Wildman–Crippen MR) is 199 cm³/mol. The highest BCUT2D eigenvalue weighted by Crippen LogP contribution is 2.37. The van der Waals surface area contributed by atoms with Crippen LogP contribution in [0.2, 0.25) is 14.4 Å². The lowest BCUT2D eigenvalue weighted by atomic mass is 10.2. The highest BCUT2D eigenvalue weighted by Gasteiger charge is 2.50. The number of anilines is 1. The van der Waals surface area contributed by atoms with E-state index in [2.05, 4.69) is 50.4 Å². The number of ether oxygens (including phenoxy) is 1. The Hall–Kier alpha value is -4.19. The number of nitrogens with zero attached hydrogens (tertiary/aromatic N) is 2. The van der Waals surface area contributed by atoms with Crippen LogP contribution in [0.4, 0.5) is 10.5 Å². The number of benzene rings is 3. The minimum Gasteiger partial charge on any atom is -0.442 e. The van der Waals surface area contributed by atoms with Gasteiger partial charge in [0.1, 0.15) is 6.10 Å². The minimum atomic E-state index is -2.88. The molecule has 0 bridgehead atoms. The van der Waals surface area contributed by atoms with Crippen LogP contribution >= 0.6 is 34.5 Å². The van der Waals surface area contributed by atoms with Gasteiger partial charge in [-0.3, -0.25) is 19.1 Å². The smallest absolute Gasteiger partial charge is 0.414 e. The lowest BCUT2D eigenvalue weighted by molar-refractivity contribution is 0.0920. The maximum Gasteiger partial charge on any atom is 0.414 e. The Kier molecular flexibility index (Phi) is 10.1. The molecular formula is C37H35Cl2N3O5SSi. The van der Waals surface area contributed by atoms with Gasteiger partial charge in [-0.2, -0.15) is 0 Å². The van der Waals surface area contributed by atoms with Crippen molar-refractivity contribution >= 4 is 70.9 Å². The number of cyclic esters (lactones) is 1.